The summed E-state index contributed by atoms with van der Waals surface area (Å²) < 4.78 is 11.1. The Hall–Kier alpha value is -2.03. The van der Waals surface area contributed by atoms with Crippen molar-refractivity contribution in [3.63, 3.8) is 0 Å². The molecule has 0 fully saturated rings. The van der Waals surface area contributed by atoms with Crippen molar-refractivity contribution >= 4 is 0 Å². The van der Waals surface area contributed by atoms with E-state index >= 15 is 0 Å². The van der Waals surface area contributed by atoms with E-state index in [1.807, 2.05) is 43.3 Å². The van der Waals surface area contributed by atoms with E-state index in [0.717, 1.165) is 28.5 Å². The van der Waals surface area contributed by atoms with Crippen molar-refractivity contribution in [2.45, 2.75) is 6.92 Å². The first-order valence-corrected chi connectivity index (χ1v) is 5.66. The highest BCUT2D eigenvalue weighted by molar-refractivity contribution is 5.64. The standard InChI is InChI=1S/C14H13NO2/c1-10-3-2-4-12(15-10)11-5-6-13-14(9-11)17-8-7-16-13/h2-6,9H,7-8H2,1H3. The second-order valence-electron chi connectivity index (χ2n) is 4.02. The van der Waals surface area contributed by atoms with Gasteiger partial charge in [-0.2, -0.15) is 0 Å². The zero-order valence-electron chi connectivity index (χ0n) is 9.64. The summed E-state index contributed by atoms with van der Waals surface area (Å²) in [6.45, 7) is 3.22. The first kappa shape index (κ1) is 10.1. The van der Waals surface area contributed by atoms with Crippen LogP contribution in [-0.2, 0) is 0 Å². The van der Waals surface area contributed by atoms with Crippen LogP contribution in [0.2, 0.25) is 0 Å². The third-order valence-corrected chi connectivity index (χ3v) is 2.73. The molecule has 0 aliphatic carbocycles. The van der Waals surface area contributed by atoms with Crippen LogP contribution in [0, 0.1) is 6.92 Å². The molecule has 3 nitrogen and oxygen atoms in total. The fourth-order valence-electron chi connectivity index (χ4n) is 1.91. The Morgan fingerprint density at radius 1 is 1.00 bits per heavy atom. The molecule has 2 heterocycles. The lowest BCUT2D eigenvalue weighted by atomic mass is 10.1. The number of fused-ring (bicyclic) bond motifs is 1. The van der Waals surface area contributed by atoms with Gasteiger partial charge in [-0.25, -0.2) is 0 Å². The minimum absolute atomic E-state index is 0.609. The van der Waals surface area contributed by atoms with Crippen molar-refractivity contribution in [1.82, 2.24) is 4.98 Å². The van der Waals surface area contributed by atoms with Crippen LogP contribution < -0.4 is 9.47 Å². The molecule has 0 bridgehead atoms. The molecule has 0 saturated carbocycles. The van der Waals surface area contributed by atoms with Crippen LogP contribution in [0.3, 0.4) is 0 Å². The topological polar surface area (TPSA) is 31.4 Å². The monoisotopic (exact) mass is 227 g/mol. The average Bonchev–Trinajstić information content (AvgIpc) is 2.38. The zero-order valence-corrected chi connectivity index (χ0v) is 9.64. The summed E-state index contributed by atoms with van der Waals surface area (Å²) in [5.74, 6) is 1.62. The second-order valence-corrected chi connectivity index (χ2v) is 4.02. The van der Waals surface area contributed by atoms with Crippen LogP contribution >= 0.6 is 0 Å². The molecule has 0 atom stereocenters. The van der Waals surface area contributed by atoms with Gasteiger partial charge in [0.25, 0.3) is 0 Å². The summed E-state index contributed by atoms with van der Waals surface area (Å²) in [4.78, 5) is 4.50. The number of hydrogen-bond acceptors (Lipinski definition) is 3. The Bertz CT molecular complexity index is 552. The highest BCUT2D eigenvalue weighted by atomic mass is 16.6. The van der Waals surface area contributed by atoms with Gasteiger partial charge in [0.15, 0.2) is 11.5 Å². The van der Waals surface area contributed by atoms with Crippen LogP contribution in [0.4, 0.5) is 0 Å². The largest absolute Gasteiger partial charge is 0.486 e. The van der Waals surface area contributed by atoms with Crippen LogP contribution in [-0.4, -0.2) is 18.2 Å². The summed E-state index contributed by atoms with van der Waals surface area (Å²) in [7, 11) is 0. The summed E-state index contributed by atoms with van der Waals surface area (Å²) in [6.07, 6.45) is 0. The maximum Gasteiger partial charge on any atom is 0.162 e. The lowest BCUT2D eigenvalue weighted by Crippen LogP contribution is -2.15. The summed E-state index contributed by atoms with van der Waals surface area (Å²) >= 11 is 0. The number of nitrogens with zero attached hydrogens (tertiary/aromatic N) is 1. The van der Waals surface area contributed by atoms with E-state index in [-0.39, 0.29) is 0 Å². The molecular weight excluding hydrogens is 214 g/mol. The minimum atomic E-state index is 0.609. The maximum absolute atomic E-state index is 5.56. The number of pyridine rings is 1. The predicted octanol–water partition coefficient (Wildman–Crippen LogP) is 2.83. The Labute approximate surface area is 100 Å². The van der Waals surface area contributed by atoms with Gasteiger partial charge in [-0.1, -0.05) is 6.07 Å². The molecule has 1 aromatic heterocycles. The van der Waals surface area contributed by atoms with Crippen molar-refractivity contribution in [1.29, 1.82) is 0 Å². The maximum atomic E-state index is 5.56. The lowest BCUT2D eigenvalue weighted by molar-refractivity contribution is 0.171. The Morgan fingerprint density at radius 2 is 1.82 bits per heavy atom. The van der Waals surface area contributed by atoms with E-state index in [2.05, 4.69) is 4.98 Å². The molecule has 0 saturated heterocycles. The van der Waals surface area contributed by atoms with Gasteiger partial charge >= 0.3 is 0 Å². The third-order valence-electron chi connectivity index (χ3n) is 2.73. The van der Waals surface area contributed by atoms with Gasteiger partial charge in [0.1, 0.15) is 13.2 Å². The molecule has 3 rings (SSSR count). The van der Waals surface area contributed by atoms with E-state index < -0.39 is 0 Å². The normalized spacial score (nSPS) is 13.5. The molecule has 17 heavy (non-hydrogen) atoms. The number of benzene rings is 1. The highest BCUT2D eigenvalue weighted by Gasteiger charge is 2.12. The van der Waals surface area contributed by atoms with Crippen LogP contribution in [0.25, 0.3) is 11.3 Å². The molecule has 86 valence electrons. The van der Waals surface area contributed by atoms with Gasteiger partial charge in [0, 0.05) is 11.3 Å². The molecule has 1 aromatic carbocycles. The van der Waals surface area contributed by atoms with Gasteiger partial charge in [-0.3, -0.25) is 4.98 Å². The molecule has 1 aliphatic heterocycles. The van der Waals surface area contributed by atoms with Crippen LogP contribution in [0.5, 0.6) is 11.5 Å². The van der Waals surface area contributed by atoms with Crippen molar-refractivity contribution in [3.8, 4) is 22.8 Å². The van der Waals surface area contributed by atoms with E-state index in [4.69, 9.17) is 9.47 Å². The third kappa shape index (κ3) is 1.96. The van der Waals surface area contributed by atoms with Gasteiger partial charge in [-0.15, -0.1) is 0 Å². The number of aryl methyl sites for hydroxylation is 1. The molecule has 3 heteroatoms. The SMILES string of the molecule is Cc1cccc(-c2ccc3c(c2)OCCO3)n1. The first-order chi connectivity index (χ1) is 8.33. The summed E-state index contributed by atoms with van der Waals surface area (Å²) in [5.41, 5.74) is 3.03. The number of hydrogen-bond donors (Lipinski definition) is 0. The van der Waals surface area contributed by atoms with Crippen molar-refractivity contribution in [3.05, 3.63) is 42.1 Å². The molecule has 0 spiro atoms. The molecule has 0 unspecified atom stereocenters. The lowest BCUT2D eigenvalue weighted by Gasteiger charge is -2.18. The van der Waals surface area contributed by atoms with Crippen molar-refractivity contribution in [2.75, 3.05) is 13.2 Å². The van der Waals surface area contributed by atoms with Gasteiger partial charge in [0.2, 0.25) is 0 Å². The summed E-state index contributed by atoms with van der Waals surface area (Å²) in [6, 6.07) is 11.9. The van der Waals surface area contributed by atoms with Crippen LogP contribution in [0.15, 0.2) is 36.4 Å². The zero-order chi connectivity index (χ0) is 11.7. The average molecular weight is 227 g/mol. The van der Waals surface area contributed by atoms with Crippen LogP contribution in [0.1, 0.15) is 5.69 Å². The van der Waals surface area contributed by atoms with E-state index in [1.165, 1.54) is 0 Å². The van der Waals surface area contributed by atoms with E-state index in [0.29, 0.717) is 13.2 Å². The van der Waals surface area contributed by atoms with E-state index in [9.17, 15) is 0 Å². The highest BCUT2D eigenvalue weighted by Crippen LogP contribution is 2.33. The van der Waals surface area contributed by atoms with Crippen molar-refractivity contribution < 1.29 is 9.47 Å². The molecule has 0 N–H and O–H groups in total. The summed E-state index contributed by atoms with van der Waals surface area (Å²) in [5, 5.41) is 0. The van der Waals surface area contributed by atoms with Crippen molar-refractivity contribution in [2.24, 2.45) is 0 Å². The predicted molar refractivity (Wildman–Crippen MR) is 65.4 cm³/mol. The van der Waals surface area contributed by atoms with Gasteiger partial charge in [-0.05, 0) is 37.3 Å². The van der Waals surface area contributed by atoms with Gasteiger partial charge < -0.3 is 9.47 Å². The Balaban J connectivity index is 2.04. The quantitative estimate of drug-likeness (QED) is 0.750. The fourth-order valence-corrected chi connectivity index (χ4v) is 1.91. The van der Waals surface area contributed by atoms with E-state index in [1.54, 1.807) is 0 Å². The fraction of sp³-hybridized carbons (Fsp3) is 0.214. The first-order valence-electron chi connectivity index (χ1n) is 5.66. The number of rotatable bonds is 1. The molecule has 1 aliphatic rings. The molecule has 2 aromatic rings. The minimum Gasteiger partial charge on any atom is -0.486 e. The molecular formula is C14H13NO2. The Morgan fingerprint density at radius 3 is 2.65 bits per heavy atom. The molecule has 0 radical (unpaired) electrons. The second kappa shape index (κ2) is 4.09. The Kier molecular flexibility index (Phi) is 2.44. The molecule has 0 amide bonds. The number of ether oxygens (including phenoxy) is 2. The smallest absolute Gasteiger partial charge is 0.162 e. The van der Waals surface area contributed by atoms with Gasteiger partial charge in [0.05, 0.1) is 5.69 Å². The number of aromatic nitrogens is 1.